The second-order valence-corrected chi connectivity index (χ2v) is 13.0. The van der Waals surface area contributed by atoms with Gasteiger partial charge in [0, 0.05) is 0 Å². The fourth-order valence-electron chi connectivity index (χ4n) is 5.05. The Hall–Kier alpha value is -5.13. The van der Waals surface area contributed by atoms with Gasteiger partial charge >= 0.3 is 0 Å². The van der Waals surface area contributed by atoms with E-state index in [0.29, 0.717) is 11.5 Å². The third-order valence-electron chi connectivity index (χ3n) is 7.74. The molecule has 0 heterocycles. The zero-order chi connectivity index (χ0) is 31.2. The minimum atomic E-state index is -3.67. The van der Waals surface area contributed by atoms with Crippen LogP contribution in [0.15, 0.2) is 155 Å². The van der Waals surface area contributed by atoms with Crippen molar-refractivity contribution in [1.82, 2.24) is 0 Å². The molecule has 0 aromatic heterocycles. The summed E-state index contributed by atoms with van der Waals surface area (Å²) in [5.41, 5.74) is 6.80. The molecule has 0 bridgehead atoms. The molecule has 6 aromatic carbocycles. The molecule has 4 nitrogen and oxygen atoms in total. The monoisotopic (exact) mass is 610 g/mol. The van der Waals surface area contributed by atoms with E-state index in [0.717, 1.165) is 35.5 Å². The van der Waals surface area contributed by atoms with Gasteiger partial charge in [0.2, 0.25) is 9.84 Å². The molecular weight excluding hydrogens is 577 g/mol. The van der Waals surface area contributed by atoms with Crippen LogP contribution in [-0.2, 0) is 22.7 Å². The molecule has 5 heteroatoms. The van der Waals surface area contributed by atoms with E-state index in [1.165, 1.54) is 22.3 Å². The lowest BCUT2D eigenvalue weighted by molar-refractivity contribution is 0.482. The van der Waals surface area contributed by atoms with Crippen molar-refractivity contribution < 1.29 is 17.9 Å². The SMILES string of the molecule is CCc1ccc(Oc2ccc(S(=O)(=O)c3ccc(-c4ccc(Cc5ccc(Oc6ccc(C)cc6)cc5)cc4)cc3)cc2)cc1. The van der Waals surface area contributed by atoms with Crippen molar-refractivity contribution in [2.24, 2.45) is 0 Å². The van der Waals surface area contributed by atoms with Crippen LogP contribution in [-0.4, -0.2) is 8.42 Å². The van der Waals surface area contributed by atoms with E-state index in [-0.39, 0.29) is 9.79 Å². The summed E-state index contributed by atoms with van der Waals surface area (Å²) in [5, 5.41) is 0. The van der Waals surface area contributed by atoms with E-state index < -0.39 is 9.84 Å². The molecule has 0 amide bonds. The number of benzene rings is 6. The van der Waals surface area contributed by atoms with Crippen LogP contribution in [0.4, 0.5) is 0 Å². The third kappa shape index (κ3) is 7.34. The highest BCUT2D eigenvalue weighted by atomic mass is 32.2. The van der Waals surface area contributed by atoms with Crippen molar-refractivity contribution in [3.8, 4) is 34.1 Å². The molecule has 0 radical (unpaired) electrons. The van der Waals surface area contributed by atoms with Crippen molar-refractivity contribution >= 4 is 9.84 Å². The zero-order valence-electron chi connectivity index (χ0n) is 25.3. The predicted octanol–water partition coefficient (Wildman–Crippen LogP) is 10.2. The van der Waals surface area contributed by atoms with Gasteiger partial charge in [-0.15, -0.1) is 0 Å². The van der Waals surface area contributed by atoms with E-state index in [2.05, 4.69) is 50.2 Å². The lowest BCUT2D eigenvalue weighted by atomic mass is 10.0. The number of hydrogen-bond donors (Lipinski definition) is 0. The van der Waals surface area contributed by atoms with Gasteiger partial charge in [-0.3, -0.25) is 0 Å². The highest BCUT2D eigenvalue weighted by Crippen LogP contribution is 2.29. The van der Waals surface area contributed by atoms with E-state index in [1.807, 2.05) is 72.8 Å². The van der Waals surface area contributed by atoms with Gasteiger partial charge in [-0.2, -0.15) is 0 Å². The standard InChI is InChI=1S/C40H34O4S/c1-3-30-8-18-36(19-9-30)44-38-22-26-40(27-23-38)45(41,42)39-24-14-34(15-25-39)33-12-6-31(7-13-33)28-32-10-20-37(21-11-32)43-35-16-4-29(2)5-17-35/h4-27H,3,28H2,1-2H3. The van der Waals surface area contributed by atoms with Crippen LogP contribution in [0, 0.1) is 6.92 Å². The van der Waals surface area contributed by atoms with Crippen LogP contribution in [0.1, 0.15) is 29.2 Å². The van der Waals surface area contributed by atoms with Crippen LogP contribution in [0.2, 0.25) is 0 Å². The van der Waals surface area contributed by atoms with Gasteiger partial charge in [0.15, 0.2) is 0 Å². The van der Waals surface area contributed by atoms with Crippen molar-refractivity contribution in [2.75, 3.05) is 0 Å². The van der Waals surface area contributed by atoms with Crippen molar-refractivity contribution in [3.63, 3.8) is 0 Å². The first kappa shape index (κ1) is 29.9. The number of sulfone groups is 1. The largest absolute Gasteiger partial charge is 0.457 e. The van der Waals surface area contributed by atoms with Crippen LogP contribution in [0.25, 0.3) is 11.1 Å². The normalized spacial score (nSPS) is 11.2. The first-order chi connectivity index (χ1) is 21.9. The molecule has 0 spiro atoms. The first-order valence-corrected chi connectivity index (χ1v) is 16.5. The van der Waals surface area contributed by atoms with Crippen LogP contribution in [0.3, 0.4) is 0 Å². The van der Waals surface area contributed by atoms with Crippen LogP contribution >= 0.6 is 0 Å². The Labute approximate surface area is 265 Å². The Morgan fingerprint density at radius 2 is 0.778 bits per heavy atom. The molecule has 0 saturated heterocycles. The third-order valence-corrected chi connectivity index (χ3v) is 9.53. The van der Waals surface area contributed by atoms with Crippen molar-refractivity contribution in [1.29, 1.82) is 0 Å². The van der Waals surface area contributed by atoms with Crippen LogP contribution in [0.5, 0.6) is 23.0 Å². The fourth-order valence-corrected chi connectivity index (χ4v) is 6.31. The van der Waals surface area contributed by atoms with Gasteiger partial charge < -0.3 is 9.47 Å². The second-order valence-electron chi connectivity index (χ2n) is 11.0. The molecule has 6 aromatic rings. The summed E-state index contributed by atoms with van der Waals surface area (Å²) in [6.45, 7) is 4.16. The van der Waals surface area contributed by atoms with Gasteiger partial charge in [-0.05, 0) is 120 Å². The maximum Gasteiger partial charge on any atom is 0.206 e. The maximum atomic E-state index is 13.3. The molecule has 0 aliphatic heterocycles. The first-order valence-electron chi connectivity index (χ1n) is 15.0. The van der Waals surface area contributed by atoms with E-state index in [9.17, 15) is 8.42 Å². The molecule has 0 aliphatic carbocycles. The lowest BCUT2D eigenvalue weighted by Gasteiger charge is -2.10. The molecule has 0 N–H and O–H groups in total. The summed E-state index contributed by atoms with van der Waals surface area (Å²) < 4.78 is 38.5. The number of aryl methyl sites for hydroxylation is 2. The highest BCUT2D eigenvalue weighted by Gasteiger charge is 2.18. The Balaban J connectivity index is 1.07. The molecule has 45 heavy (non-hydrogen) atoms. The zero-order valence-corrected chi connectivity index (χ0v) is 26.1. The summed E-state index contributed by atoms with van der Waals surface area (Å²) >= 11 is 0. The summed E-state index contributed by atoms with van der Waals surface area (Å²) in [5.74, 6) is 2.93. The van der Waals surface area contributed by atoms with Gasteiger partial charge in [0.25, 0.3) is 0 Å². The Bertz CT molecular complexity index is 1960. The van der Waals surface area contributed by atoms with Gasteiger partial charge in [-0.1, -0.05) is 85.3 Å². The molecule has 0 atom stereocenters. The second kappa shape index (κ2) is 13.2. The smallest absolute Gasteiger partial charge is 0.206 e. The quantitative estimate of drug-likeness (QED) is 0.155. The minimum Gasteiger partial charge on any atom is -0.457 e. The Morgan fingerprint density at radius 3 is 1.22 bits per heavy atom. The topological polar surface area (TPSA) is 52.6 Å². The van der Waals surface area contributed by atoms with E-state index in [1.54, 1.807) is 36.4 Å². The maximum absolute atomic E-state index is 13.3. The number of rotatable bonds is 10. The Morgan fingerprint density at radius 1 is 0.444 bits per heavy atom. The summed E-state index contributed by atoms with van der Waals surface area (Å²) in [4.78, 5) is 0.476. The average molecular weight is 611 g/mol. The number of ether oxygens (including phenoxy) is 2. The molecule has 6 rings (SSSR count). The van der Waals surface area contributed by atoms with Gasteiger partial charge in [0.1, 0.15) is 23.0 Å². The molecular formula is C40H34O4S. The minimum absolute atomic E-state index is 0.225. The predicted molar refractivity (Wildman–Crippen MR) is 180 cm³/mol. The summed E-state index contributed by atoms with van der Waals surface area (Å²) in [7, 11) is -3.67. The molecule has 0 fully saturated rings. The highest BCUT2D eigenvalue weighted by molar-refractivity contribution is 7.91. The van der Waals surface area contributed by atoms with E-state index in [4.69, 9.17) is 9.47 Å². The van der Waals surface area contributed by atoms with Gasteiger partial charge in [0.05, 0.1) is 9.79 Å². The van der Waals surface area contributed by atoms with Gasteiger partial charge in [-0.25, -0.2) is 8.42 Å². The van der Waals surface area contributed by atoms with E-state index >= 15 is 0 Å². The molecule has 224 valence electrons. The molecule has 0 saturated carbocycles. The lowest BCUT2D eigenvalue weighted by Crippen LogP contribution is -2.01. The number of hydrogen-bond acceptors (Lipinski definition) is 4. The summed E-state index contributed by atoms with van der Waals surface area (Å²) in [6.07, 6.45) is 1.76. The van der Waals surface area contributed by atoms with Crippen molar-refractivity contribution in [3.05, 3.63) is 168 Å². The summed E-state index contributed by atoms with van der Waals surface area (Å²) in [6, 6.07) is 46.0. The molecule has 0 unspecified atom stereocenters. The Kier molecular flexibility index (Phi) is 8.81. The molecule has 0 aliphatic rings. The van der Waals surface area contributed by atoms with Crippen LogP contribution < -0.4 is 9.47 Å². The fraction of sp³-hybridized carbons (Fsp3) is 0.100. The van der Waals surface area contributed by atoms with Crippen molar-refractivity contribution in [2.45, 2.75) is 36.5 Å². The average Bonchev–Trinajstić information content (AvgIpc) is 3.08.